The molecule has 1 aliphatic rings. The minimum absolute atomic E-state index is 0.0163. The summed E-state index contributed by atoms with van der Waals surface area (Å²) in [7, 11) is 0. The lowest BCUT2D eigenvalue weighted by molar-refractivity contribution is -0.206. The summed E-state index contributed by atoms with van der Waals surface area (Å²) in [5.41, 5.74) is 5.10. The number of carbonyl (C=O) groups excluding carboxylic acids is 2. The smallest absolute Gasteiger partial charge is 0.448 e. The number of hydrogen-bond donors (Lipinski definition) is 1. The molecule has 1 aromatic rings. The molecule has 23 heavy (non-hydrogen) atoms. The van der Waals surface area contributed by atoms with Gasteiger partial charge >= 0.3 is 12.1 Å². The van der Waals surface area contributed by atoms with Crippen LogP contribution in [-0.4, -0.2) is 24.0 Å². The molecule has 0 heterocycles. The van der Waals surface area contributed by atoms with Gasteiger partial charge in [-0.15, -0.1) is 0 Å². The number of ether oxygens (including phenoxy) is 1. The predicted octanol–water partition coefficient (Wildman–Crippen LogP) is 1.94. The average molecular weight is 326 g/mol. The molecule has 2 atom stereocenters. The second kappa shape index (κ2) is 6.01. The third-order valence-electron chi connectivity index (χ3n) is 3.76. The van der Waals surface area contributed by atoms with Gasteiger partial charge in [0.05, 0.1) is 11.6 Å². The number of hydrogen-bond acceptors (Lipinski definition) is 5. The molecule has 0 saturated heterocycles. The van der Waals surface area contributed by atoms with Crippen molar-refractivity contribution < 1.29 is 27.5 Å². The van der Waals surface area contributed by atoms with Crippen molar-refractivity contribution in [2.24, 2.45) is 5.73 Å². The number of ketones is 1. The van der Waals surface area contributed by atoms with Crippen molar-refractivity contribution in [1.82, 2.24) is 0 Å². The summed E-state index contributed by atoms with van der Waals surface area (Å²) >= 11 is 0. The molecule has 0 amide bonds. The molecule has 2 N–H and O–H groups in total. The van der Waals surface area contributed by atoms with Gasteiger partial charge in [0.25, 0.3) is 0 Å². The first-order valence-corrected chi connectivity index (χ1v) is 6.80. The lowest BCUT2D eigenvalue weighted by atomic mass is 9.74. The molecule has 1 fully saturated rings. The Kier molecular flexibility index (Phi) is 4.43. The highest BCUT2D eigenvalue weighted by molar-refractivity contribution is 5.95. The number of Topliss-reactive ketones (excluding diaryl/α,β-unsaturated/α-hetero) is 1. The van der Waals surface area contributed by atoms with Gasteiger partial charge < -0.3 is 10.5 Å². The Morgan fingerprint density at radius 3 is 2.74 bits per heavy atom. The maximum atomic E-state index is 12.5. The van der Waals surface area contributed by atoms with Crippen LogP contribution in [0.4, 0.5) is 13.2 Å². The molecular weight excluding hydrogens is 313 g/mol. The first-order valence-electron chi connectivity index (χ1n) is 6.80. The summed E-state index contributed by atoms with van der Waals surface area (Å²) in [6.45, 7) is 0. The van der Waals surface area contributed by atoms with Crippen LogP contribution in [0.5, 0.6) is 0 Å². The van der Waals surface area contributed by atoms with Gasteiger partial charge in [0.2, 0.25) is 0 Å². The second-order valence-electron chi connectivity index (χ2n) is 5.31. The van der Waals surface area contributed by atoms with Gasteiger partial charge in [0, 0.05) is 0 Å². The van der Waals surface area contributed by atoms with Crippen LogP contribution in [0.2, 0.25) is 0 Å². The molecule has 1 aromatic carbocycles. The number of nitrogens with two attached hydrogens (primary N) is 1. The number of alkyl halides is 3. The molecule has 0 radical (unpaired) electrons. The van der Waals surface area contributed by atoms with Crippen molar-refractivity contribution >= 4 is 11.8 Å². The van der Waals surface area contributed by atoms with E-state index in [4.69, 9.17) is 11.0 Å². The van der Waals surface area contributed by atoms with E-state index in [1.54, 1.807) is 0 Å². The summed E-state index contributed by atoms with van der Waals surface area (Å²) in [5, 5.41) is 8.90. The molecule has 2 rings (SSSR count). The van der Waals surface area contributed by atoms with E-state index >= 15 is 0 Å². The van der Waals surface area contributed by atoms with Crippen LogP contribution in [0, 0.1) is 11.3 Å². The van der Waals surface area contributed by atoms with Crippen molar-refractivity contribution in [2.75, 3.05) is 0 Å². The fourth-order valence-corrected chi connectivity index (χ4v) is 2.57. The largest absolute Gasteiger partial charge is 0.490 e. The zero-order valence-corrected chi connectivity index (χ0v) is 11.9. The normalized spacial score (nSPS) is 24.8. The van der Waals surface area contributed by atoms with E-state index < -0.39 is 29.6 Å². The fraction of sp³-hybridized carbons (Fsp3) is 0.400. The third-order valence-corrected chi connectivity index (χ3v) is 3.76. The lowest BCUT2D eigenvalue weighted by Crippen LogP contribution is -2.54. The summed E-state index contributed by atoms with van der Waals surface area (Å²) in [6, 6.07) is 7.87. The highest BCUT2D eigenvalue weighted by Crippen LogP contribution is 2.34. The van der Waals surface area contributed by atoms with E-state index in [1.165, 1.54) is 24.3 Å². The SMILES string of the molecule is N#Cc1cccc(C2(N)CCCC(OC(=O)C(F)(F)F)C2=O)c1. The van der Waals surface area contributed by atoms with Gasteiger partial charge in [0.1, 0.15) is 5.54 Å². The number of rotatable bonds is 2. The number of benzene rings is 1. The zero-order valence-electron chi connectivity index (χ0n) is 11.9. The Morgan fingerprint density at radius 1 is 1.43 bits per heavy atom. The minimum atomic E-state index is -5.17. The zero-order chi connectivity index (χ0) is 17.3. The summed E-state index contributed by atoms with van der Waals surface area (Å²) in [6.07, 6.45) is -6.23. The van der Waals surface area contributed by atoms with Gasteiger partial charge in [-0.2, -0.15) is 18.4 Å². The quantitative estimate of drug-likeness (QED) is 0.838. The van der Waals surface area contributed by atoms with Crippen LogP contribution < -0.4 is 5.73 Å². The third kappa shape index (κ3) is 3.35. The highest BCUT2D eigenvalue weighted by Gasteiger charge is 2.48. The molecule has 0 spiro atoms. The number of nitriles is 1. The van der Waals surface area contributed by atoms with Crippen molar-refractivity contribution in [2.45, 2.75) is 37.1 Å². The first kappa shape index (κ1) is 17.0. The standard InChI is InChI=1S/C15H13F3N2O3/c16-15(17,18)13(22)23-11-5-2-6-14(20,12(11)21)10-4-1-3-9(7-10)8-19/h1,3-4,7,11H,2,5-6,20H2. The lowest BCUT2D eigenvalue weighted by Gasteiger charge is -2.36. The maximum Gasteiger partial charge on any atom is 0.490 e. The Balaban J connectivity index is 2.28. The number of esters is 1. The molecule has 5 nitrogen and oxygen atoms in total. The monoisotopic (exact) mass is 326 g/mol. The molecule has 0 aromatic heterocycles. The molecule has 2 unspecified atom stereocenters. The Morgan fingerprint density at radius 2 is 2.13 bits per heavy atom. The summed E-state index contributed by atoms with van der Waals surface area (Å²) in [5.74, 6) is -3.21. The predicted molar refractivity (Wildman–Crippen MR) is 71.8 cm³/mol. The topological polar surface area (TPSA) is 93.2 Å². The van der Waals surface area contributed by atoms with Crippen molar-refractivity contribution in [3.8, 4) is 6.07 Å². The van der Waals surface area contributed by atoms with Gasteiger partial charge in [-0.25, -0.2) is 4.79 Å². The summed E-state index contributed by atoms with van der Waals surface area (Å²) in [4.78, 5) is 23.4. The van der Waals surface area contributed by atoms with Crippen LogP contribution in [0.25, 0.3) is 0 Å². The number of nitrogens with zero attached hydrogens (tertiary/aromatic N) is 1. The first-order chi connectivity index (χ1) is 10.7. The van der Waals surface area contributed by atoms with E-state index in [-0.39, 0.29) is 18.4 Å². The Labute approximate surface area is 129 Å². The van der Waals surface area contributed by atoms with Crippen LogP contribution in [0.3, 0.4) is 0 Å². The molecule has 0 aliphatic heterocycles. The van der Waals surface area contributed by atoms with Crippen LogP contribution in [-0.2, 0) is 19.9 Å². The molecule has 122 valence electrons. The average Bonchev–Trinajstić information content (AvgIpc) is 2.51. The Bertz CT molecular complexity index is 681. The van der Waals surface area contributed by atoms with Crippen molar-refractivity contribution in [3.05, 3.63) is 35.4 Å². The fourth-order valence-electron chi connectivity index (χ4n) is 2.57. The van der Waals surface area contributed by atoms with Gasteiger partial charge in [0.15, 0.2) is 11.9 Å². The molecular formula is C15H13F3N2O3. The number of halogens is 3. The minimum Gasteiger partial charge on any atom is -0.448 e. The van der Waals surface area contributed by atoms with Crippen LogP contribution in [0.15, 0.2) is 24.3 Å². The number of carbonyl (C=O) groups is 2. The Hall–Kier alpha value is -2.40. The van der Waals surface area contributed by atoms with E-state index in [0.717, 1.165) is 0 Å². The van der Waals surface area contributed by atoms with E-state index in [9.17, 15) is 22.8 Å². The highest BCUT2D eigenvalue weighted by atomic mass is 19.4. The van der Waals surface area contributed by atoms with Gasteiger partial charge in [-0.05, 0) is 37.0 Å². The van der Waals surface area contributed by atoms with E-state index in [0.29, 0.717) is 12.0 Å². The van der Waals surface area contributed by atoms with Crippen LogP contribution >= 0.6 is 0 Å². The van der Waals surface area contributed by atoms with Crippen LogP contribution in [0.1, 0.15) is 30.4 Å². The van der Waals surface area contributed by atoms with E-state index in [2.05, 4.69) is 4.74 Å². The second-order valence-corrected chi connectivity index (χ2v) is 5.31. The molecule has 1 saturated carbocycles. The molecule has 8 heteroatoms. The molecule has 1 aliphatic carbocycles. The van der Waals surface area contributed by atoms with Gasteiger partial charge in [-0.3, -0.25) is 4.79 Å². The van der Waals surface area contributed by atoms with Gasteiger partial charge in [-0.1, -0.05) is 12.1 Å². The maximum absolute atomic E-state index is 12.5. The molecule has 0 bridgehead atoms. The van der Waals surface area contributed by atoms with Crippen molar-refractivity contribution in [1.29, 1.82) is 5.26 Å². The van der Waals surface area contributed by atoms with Crippen molar-refractivity contribution in [3.63, 3.8) is 0 Å². The summed E-state index contributed by atoms with van der Waals surface area (Å²) < 4.78 is 41.2. The van der Waals surface area contributed by atoms with E-state index in [1.807, 2.05) is 6.07 Å².